The van der Waals surface area contributed by atoms with Crippen LogP contribution in [0.5, 0.6) is 0 Å². The Morgan fingerprint density at radius 2 is 2.26 bits per heavy atom. The van der Waals surface area contributed by atoms with E-state index in [1.54, 1.807) is 0 Å². The first-order chi connectivity index (χ1) is 9.22. The zero-order valence-electron chi connectivity index (χ0n) is 11.5. The fourth-order valence-electron chi connectivity index (χ4n) is 3.00. The van der Waals surface area contributed by atoms with Crippen LogP contribution in [0.15, 0.2) is 12.4 Å². The van der Waals surface area contributed by atoms with Gasteiger partial charge in [-0.15, -0.1) is 10.2 Å². The Morgan fingerprint density at radius 1 is 1.42 bits per heavy atom. The van der Waals surface area contributed by atoms with Gasteiger partial charge < -0.3 is 10.6 Å². The number of aromatic nitrogens is 4. The second-order valence-corrected chi connectivity index (χ2v) is 5.31. The topological polar surface area (TPSA) is 72.3 Å². The van der Waals surface area contributed by atoms with Crippen molar-refractivity contribution in [2.75, 3.05) is 18.0 Å². The Labute approximate surface area is 112 Å². The van der Waals surface area contributed by atoms with Gasteiger partial charge in [-0.2, -0.15) is 0 Å². The summed E-state index contributed by atoms with van der Waals surface area (Å²) in [5.74, 6) is 2.38. The normalized spacial score (nSPS) is 24.1. The summed E-state index contributed by atoms with van der Waals surface area (Å²) in [6.45, 7) is 5.85. The Bertz CT molecular complexity index is 578. The molecule has 1 saturated heterocycles. The van der Waals surface area contributed by atoms with E-state index >= 15 is 0 Å². The second-order valence-electron chi connectivity index (χ2n) is 5.31. The summed E-state index contributed by atoms with van der Waals surface area (Å²) in [6, 6.07) is 0.337. The van der Waals surface area contributed by atoms with Gasteiger partial charge in [0.25, 0.3) is 0 Å². The van der Waals surface area contributed by atoms with Gasteiger partial charge in [0.1, 0.15) is 5.82 Å². The Kier molecular flexibility index (Phi) is 3.10. The van der Waals surface area contributed by atoms with Crippen molar-refractivity contribution in [1.29, 1.82) is 0 Å². The third-order valence-corrected chi connectivity index (χ3v) is 4.11. The van der Waals surface area contributed by atoms with Crippen LogP contribution in [0.4, 0.5) is 5.82 Å². The fraction of sp³-hybridized carbons (Fsp3) is 0.615. The highest BCUT2D eigenvalue weighted by molar-refractivity contribution is 5.64. The number of hydrogen-bond acceptors (Lipinski definition) is 5. The van der Waals surface area contributed by atoms with Crippen LogP contribution in [0.3, 0.4) is 0 Å². The van der Waals surface area contributed by atoms with Gasteiger partial charge >= 0.3 is 0 Å². The van der Waals surface area contributed by atoms with Gasteiger partial charge in [-0.3, -0.25) is 4.40 Å². The van der Waals surface area contributed by atoms with E-state index in [-0.39, 0.29) is 0 Å². The van der Waals surface area contributed by atoms with E-state index in [9.17, 15) is 0 Å². The summed E-state index contributed by atoms with van der Waals surface area (Å²) in [5.41, 5.74) is 6.78. The summed E-state index contributed by atoms with van der Waals surface area (Å²) in [4.78, 5) is 6.83. The van der Waals surface area contributed by atoms with E-state index in [2.05, 4.69) is 27.0 Å². The number of hydrogen-bond donors (Lipinski definition) is 1. The van der Waals surface area contributed by atoms with Gasteiger partial charge in [0.05, 0.1) is 0 Å². The molecule has 3 rings (SSSR count). The largest absolute Gasteiger partial charge is 0.349 e. The maximum Gasteiger partial charge on any atom is 0.203 e. The molecule has 2 atom stereocenters. The first kappa shape index (κ1) is 12.3. The molecule has 1 aliphatic rings. The maximum atomic E-state index is 5.96. The van der Waals surface area contributed by atoms with Crippen molar-refractivity contribution in [3.8, 4) is 0 Å². The molecule has 0 aliphatic carbocycles. The number of rotatable bonds is 2. The van der Waals surface area contributed by atoms with Crippen molar-refractivity contribution >= 4 is 11.5 Å². The number of nitrogens with zero attached hydrogens (tertiary/aromatic N) is 5. The number of nitrogens with two attached hydrogens (primary N) is 1. The van der Waals surface area contributed by atoms with Crippen LogP contribution < -0.4 is 10.6 Å². The smallest absolute Gasteiger partial charge is 0.203 e. The van der Waals surface area contributed by atoms with Crippen molar-refractivity contribution in [3.05, 3.63) is 18.2 Å². The molecule has 2 aromatic heterocycles. The molecule has 0 radical (unpaired) electrons. The van der Waals surface area contributed by atoms with Crippen molar-refractivity contribution in [2.45, 2.75) is 32.7 Å². The third kappa shape index (κ3) is 1.96. The highest BCUT2D eigenvalue weighted by Gasteiger charge is 2.30. The van der Waals surface area contributed by atoms with Gasteiger partial charge in [-0.1, -0.05) is 6.92 Å². The average molecular weight is 260 g/mol. The summed E-state index contributed by atoms with van der Waals surface area (Å²) >= 11 is 0. The van der Waals surface area contributed by atoms with E-state index in [1.807, 2.05) is 23.7 Å². The number of anilines is 1. The Hall–Kier alpha value is -1.69. The van der Waals surface area contributed by atoms with Gasteiger partial charge in [0, 0.05) is 31.5 Å². The van der Waals surface area contributed by atoms with Crippen molar-refractivity contribution in [1.82, 2.24) is 19.6 Å². The molecule has 3 heterocycles. The van der Waals surface area contributed by atoms with Crippen LogP contribution in [0.1, 0.15) is 25.6 Å². The molecule has 2 N–H and O–H groups in total. The van der Waals surface area contributed by atoms with Gasteiger partial charge in [-0.25, -0.2) is 4.98 Å². The molecule has 6 heteroatoms. The van der Waals surface area contributed by atoms with Gasteiger partial charge in [0.2, 0.25) is 5.65 Å². The number of aryl methyl sites for hydroxylation is 1. The second kappa shape index (κ2) is 4.77. The highest BCUT2D eigenvalue weighted by atomic mass is 15.3. The maximum absolute atomic E-state index is 5.96. The molecule has 0 aromatic carbocycles. The van der Waals surface area contributed by atoms with Crippen molar-refractivity contribution < 1.29 is 0 Å². The van der Waals surface area contributed by atoms with Gasteiger partial charge in [-0.05, 0) is 25.7 Å². The predicted octanol–water partition coefficient (Wildman–Crippen LogP) is 0.996. The van der Waals surface area contributed by atoms with E-state index in [0.29, 0.717) is 18.5 Å². The summed E-state index contributed by atoms with van der Waals surface area (Å²) in [7, 11) is 0. The molecular formula is C13H20N6. The average Bonchev–Trinajstić information content (AvgIpc) is 2.80. The summed E-state index contributed by atoms with van der Waals surface area (Å²) < 4.78 is 1.98. The Morgan fingerprint density at radius 3 is 3.05 bits per heavy atom. The molecule has 0 amide bonds. The molecule has 2 unspecified atom stereocenters. The van der Waals surface area contributed by atoms with E-state index in [0.717, 1.165) is 23.8 Å². The zero-order valence-corrected chi connectivity index (χ0v) is 11.5. The van der Waals surface area contributed by atoms with Crippen molar-refractivity contribution in [3.63, 3.8) is 0 Å². The number of piperidine rings is 1. The van der Waals surface area contributed by atoms with Crippen molar-refractivity contribution in [2.24, 2.45) is 11.7 Å². The standard InChI is InChI=1S/C13H20N6/c1-9-4-3-6-19(11(9)8-14)12-13-17-16-10(2)18(13)7-5-15-12/h5,7,9,11H,3-4,6,8,14H2,1-2H3. The highest BCUT2D eigenvalue weighted by Crippen LogP contribution is 2.28. The summed E-state index contributed by atoms with van der Waals surface area (Å²) in [5, 5.41) is 8.39. The van der Waals surface area contributed by atoms with Crippen LogP contribution in [-0.4, -0.2) is 38.7 Å². The molecule has 0 bridgehead atoms. The van der Waals surface area contributed by atoms with E-state index in [1.165, 1.54) is 12.8 Å². The van der Waals surface area contributed by atoms with Crippen LogP contribution in [0, 0.1) is 12.8 Å². The zero-order chi connectivity index (χ0) is 13.4. The molecule has 0 saturated carbocycles. The Balaban J connectivity index is 2.07. The molecule has 0 spiro atoms. The molecule has 19 heavy (non-hydrogen) atoms. The van der Waals surface area contributed by atoms with E-state index in [4.69, 9.17) is 5.73 Å². The molecular weight excluding hydrogens is 240 g/mol. The SMILES string of the molecule is Cc1nnc2c(N3CCCC(C)C3CN)nccn12. The first-order valence-electron chi connectivity index (χ1n) is 6.85. The quantitative estimate of drug-likeness (QED) is 0.872. The molecule has 1 aliphatic heterocycles. The molecule has 102 valence electrons. The molecule has 2 aromatic rings. The molecule has 1 fully saturated rings. The molecule has 6 nitrogen and oxygen atoms in total. The van der Waals surface area contributed by atoms with Crippen LogP contribution in [0.2, 0.25) is 0 Å². The lowest BCUT2D eigenvalue weighted by molar-refractivity contribution is 0.348. The van der Waals surface area contributed by atoms with E-state index < -0.39 is 0 Å². The van der Waals surface area contributed by atoms with Crippen LogP contribution >= 0.6 is 0 Å². The monoisotopic (exact) mass is 260 g/mol. The summed E-state index contributed by atoms with van der Waals surface area (Å²) in [6.07, 6.45) is 6.12. The lowest BCUT2D eigenvalue weighted by atomic mass is 9.91. The fourth-order valence-corrected chi connectivity index (χ4v) is 3.00. The predicted molar refractivity (Wildman–Crippen MR) is 74.1 cm³/mol. The first-order valence-corrected chi connectivity index (χ1v) is 6.85. The van der Waals surface area contributed by atoms with Crippen LogP contribution in [0.25, 0.3) is 5.65 Å². The van der Waals surface area contributed by atoms with Gasteiger partial charge in [0.15, 0.2) is 5.82 Å². The lowest BCUT2D eigenvalue weighted by Gasteiger charge is -2.40. The minimum Gasteiger partial charge on any atom is -0.349 e. The minimum atomic E-state index is 0.337. The third-order valence-electron chi connectivity index (χ3n) is 4.11. The lowest BCUT2D eigenvalue weighted by Crippen LogP contribution is -2.49. The number of fused-ring (bicyclic) bond motifs is 1. The van der Waals surface area contributed by atoms with Crippen LogP contribution in [-0.2, 0) is 0 Å². The minimum absolute atomic E-state index is 0.337.